The smallest absolute Gasteiger partial charge is 0.312 e. The van der Waals surface area contributed by atoms with Crippen LogP contribution >= 0.6 is 0 Å². The first-order valence-corrected chi connectivity index (χ1v) is 8.22. The van der Waals surface area contributed by atoms with E-state index >= 15 is 0 Å². The number of carbonyl (C=O) groups is 1. The Balaban J connectivity index is 1.32. The van der Waals surface area contributed by atoms with Crippen LogP contribution in [0.5, 0.6) is 0 Å². The highest BCUT2D eigenvalue weighted by Gasteiger charge is 2.36. The molecular weight excluding hydrogens is 288 g/mol. The summed E-state index contributed by atoms with van der Waals surface area (Å²) in [6.45, 7) is 0.0608. The van der Waals surface area contributed by atoms with E-state index in [-0.39, 0.29) is 25.3 Å². The summed E-state index contributed by atoms with van der Waals surface area (Å²) in [6, 6.07) is 14.1. The summed E-state index contributed by atoms with van der Waals surface area (Å²) in [5.74, 6) is 0.938. The molecule has 0 aliphatic heterocycles. The first-order chi connectivity index (χ1) is 11.3. The molecule has 2 aromatic rings. The van der Waals surface area contributed by atoms with Gasteiger partial charge in [-0.3, -0.25) is 4.79 Å². The van der Waals surface area contributed by atoms with Crippen molar-refractivity contribution < 1.29 is 14.3 Å². The number of ether oxygens (including phenoxy) is 2. The molecule has 0 amide bonds. The maximum absolute atomic E-state index is 12.1. The highest BCUT2D eigenvalue weighted by molar-refractivity contribution is 5.88. The Labute approximate surface area is 135 Å². The van der Waals surface area contributed by atoms with E-state index in [1.807, 2.05) is 30.3 Å². The second kappa shape index (κ2) is 6.17. The van der Waals surface area contributed by atoms with Gasteiger partial charge in [0, 0.05) is 5.92 Å². The number of allylic oxidation sites excluding steroid dienone is 1. The lowest BCUT2D eigenvalue weighted by atomic mass is 10.0. The Bertz CT molecular complexity index is 744. The van der Waals surface area contributed by atoms with Gasteiger partial charge < -0.3 is 9.47 Å². The van der Waals surface area contributed by atoms with Gasteiger partial charge in [-0.15, -0.1) is 0 Å². The van der Waals surface area contributed by atoms with Gasteiger partial charge in [-0.1, -0.05) is 54.6 Å². The average Bonchev–Trinajstić information content (AvgIpc) is 3.18. The summed E-state index contributed by atoms with van der Waals surface area (Å²) in [5.41, 5.74) is 0.996. The van der Waals surface area contributed by atoms with Gasteiger partial charge in [-0.2, -0.15) is 0 Å². The molecule has 3 atom stereocenters. The molecule has 1 fully saturated rings. The van der Waals surface area contributed by atoms with Gasteiger partial charge in [-0.25, -0.2) is 0 Å². The highest BCUT2D eigenvalue weighted by Crippen LogP contribution is 2.40. The number of hydrogen-bond acceptors (Lipinski definition) is 3. The maximum Gasteiger partial charge on any atom is 0.312 e. The van der Waals surface area contributed by atoms with Crippen LogP contribution in [-0.4, -0.2) is 18.9 Å². The van der Waals surface area contributed by atoms with E-state index in [0.29, 0.717) is 11.8 Å². The number of carbonyl (C=O) groups excluding carboxylic acids is 1. The zero-order valence-electron chi connectivity index (χ0n) is 13.0. The van der Waals surface area contributed by atoms with Gasteiger partial charge in [0.25, 0.3) is 0 Å². The average molecular weight is 308 g/mol. The number of fused-ring (bicyclic) bond motifs is 3. The van der Waals surface area contributed by atoms with Crippen LogP contribution in [0, 0.1) is 11.8 Å². The molecule has 0 N–H and O–H groups in total. The maximum atomic E-state index is 12.1. The van der Waals surface area contributed by atoms with Crippen LogP contribution in [0.4, 0.5) is 0 Å². The molecule has 2 aliphatic rings. The third kappa shape index (κ3) is 3.02. The summed E-state index contributed by atoms with van der Waals surface area (Å²) in [6.07, 6.45) is 7.25. The first kappa shape index (κ1) is 14.5. The van der Waals surface area contributed by atoms with Gasteiger partial charge in [0.15, 0.2) is 6.79 Å². The van der Waals surface area contributed by atoms with Crippen molar-refractivity contribution in [1.82, 2.24) is 0 Å². The van der Waals surface area contributed by atoms with Crippen molar-refractivity contribution in [3.8, 4) is 0 Å². The van der Waals surface area contributed by atoms with E-state index in [2.05, 4.69) is 24.3 Å². The van der Waals surface area contributed by atoms with Gasteiger partial charge >= 0.3 is 5.97 Å². The number of benzene rings is 2. The minimum Gasteiger partial charge on any atom is -0.438 e. The second-order valence-electron chi connectivity index (χ2n) is 6.43. The topological polar surface area (TPSA) is 35.5 Å². The Morgan fingerprint density at radius 3 is 2.74 bits per heavy atom. The van der Waals surface area contributed by atoms with Crippen molar-refractivity contribution in [2.24, 2.45) is 11.8 Å². The van der Waals surface area contributed by atoms with Crippen LogP contribution in [0.15, 0.2) is 54.6 Å². The molecule has 2 bridgehead atoms. The largest absolute Gasteiger partial charge is 0.438 e. The Kier molecular flexibility index (Phi) is 3.88. The zero-order valence-corrected chi connectivity index (χ0v) is 13.0. The summed E-state index contributed by atoms with van der Waals surface area (Å²) in [4.78, 5) is 12.1. The van der Waals surface area contributed by atoms with Gasteiger partial charge in [-0.05, 0) is 35.1 Å². The fourth-order valence-corrected chi connectivity index (χ4v) is 3.76. The van der Waals surface area contributed by atoms with Crippen LogP contribution in [-0.2, 0) is 20.7 Å². The van der Waals surface area contributed by atoms with Gasteiger partial charge in [0.2, 0.25) is 0 Å². The standard InChI is InChI=1S/C20H20O3/c21-20(23-13-22-19-11-14-8-9-17(19)10-14)12-16-6-3-5-15-4-1-2-7-18(15)16/h1-9,14,17,19H,10-13H2. The summed E-state index contributed by atoms with van der Waals surface area (Å²) >= 11 is 0. The molecule has 0 radical (unpaired) electrons. The lowest BCUT2D eigenvalue weighted by Gasteiger charge is -2.18. The normalized spacial score (nSPS) is 25.1. The van der Waals surface area contributed by atoms with E-state index in [9.17, 15) is 4.79 Å². The van der Waals surface area contributed by atoms with E-state index < -0.39 is 0 Å². The summed E-state index contributed by atoms with van der Waals surface area (Å²) in [5, 5.41) is 2.24. The SMILES string of the molecule is O=C(Cc1cccc2ccccc12)OCOC1CC2C=CC1C2. The molecule has 118 valence electrons. The molecule has 1 saturated carbocycles. The lowest BCUT2D eigenvalue weighted by Crippen LogP contribution is -2.21. The lowest BCUT2D eigenvalue weighted by molar-refractivity contribution is -0.161. The molecule has 3 heteroatoms. The van der Waals surface area contributed by atoms with Crippen LogP contribution in [0.3, 0.4) is 0 Å². The fourth-order valence-electron chi connectivity index (χ4n) is 3.76. The minimum atomic E-state index is -0.236. The molecule has 3 nitrogen and oxygen atoms in total. The predicted octanol–water partition coefficient (Wildman–Crippen LogP) is 3.86. The molecule has 4 rings (SSSR count). The molecule has 23 heavy (non-hydrogen) atoms. The van der Waals surface area contributed by atoms with Crippen molar-refractivity contribution in [3.05, 3.63) is 60.2 Å². The monoisotopic (exact) mass is 308 g/mol. The Morgan fingerprint density at radius 2 is 1.91 bits per heavy atom. The van der Waals surface area contributed by atoms with E-state index in [0.717, 1.165) is 22.8 Å². The first-order valence-electron chi connectivity index (χ1n) is 8.22. The molecule has 3 unspecified atom stereocenters. The third-order valence-electron chi connectivity index (χ3n) is 4.93. The van der Waals surface area contributed by atoms with Crippen molar-refractivity contribution in [3.63, 3.8) is 0 Å². The number of esters is 1. The number of hydrogen-bond donors (Lipinski definition) is 0. The van der Waals surface area contributed by atoms with Crippen molar-refractivity contribution in [2.45, 2.75) is 25.4 Å². The Hall–Kier alpha value is -2.13. The second-order valence-corrected chi connectivity index (χ2v) is 6.43. The minimum absolute atomic E-state index is 0.0608. The molecular formula is C20H20O3. The Morgan fingerprint density at radius 1 is 1.04 bits per heavy atom. The molecule has 0 heterocycles. The van der Waals surface area contributed by atoms with Crippen molar-refractivity contribution in [2.75, 3.05) is 6.79 Å². The quantitative estimate of drug-likeness (QED) is 0.478. The van der Waals surface area contributed by atoms with Gasteiger partial charge in [0.1, 0.15) is 0 Å². The predicted molar refractivity (Wildman–Crippen MR) is 88.8 cm³/mol. The van der Waals surface area contributed by atoms with E-state index in [1.165, 1.54) is 6.42 Å². The van der Waals surface area contributed by atoms with Crippen LogP contribution in [0.25, 0.3) is 10.8 Å². The van der Waals surface area contributed by atoms with Gasteiger partial charge in [0.05, 0.1) is 12.5 Å². The number of rotatable bonds is 5. The molecule has 0 aromatic heterocycles. The van der Waals surface area contributed by atoms with Crippen molar-refractivity contribution >= 4 is 16.7 Å². The van der Waals surface area contributed by atoms with Crippen molar-refractivity contribution in [1.29, 1.82) is 0 Å². The third-order valence-corrected chi connectivity index (χ3v) is 4.93. The molecule has 2 aliphatic carbocycles. The summed E-state index contributed by atoms with van der Waals surface area (Å²) in [7, 11) is 0. The van der Waals surface area contributed by atoms with Crippen LogP contribution in [0.1, 0.15) is 18.4 Å². The molecule has 0 spiro atoms. The van der Waals surface area contributed by atoms with Crippen LogP contribution < -0.4 is 0 Å². The van der Waals surface area contributed by atoms with E-state index in [4.69, 9.17) is 9.47 Å². The highest BCUT2D eigenvalue weighted by atomic mass is 16.7. The molecule has 0 saturated heterocycles. The molecule has 2 aromatic carbocycles. The zero-order chi connectivity index (χ0) is 15.6. The fraction of sp³-hybridized carbons (Fsp3) is 0.350. The summed E-state index contributed by atoms with van der Waals surface area (Å²) < 4.78 is 11.0. The van der Waals surface area contributed by atoms with E-state index in [1.54, 1.807) is 0 Å². The van der Waals surface area contributed by atoms with Crippen LogP contribution in [0.2, 0.25) is 0 Å².